The average molecular weight is 441 g/mol. The number of carbonyl (C=O) groups excluding carboxylic acids is 2. The summed E-state index contributed by atoms with van der Waals surface area (Å²) in [7, 11) is 0. The Balaban J connectivity index is 1.73. The van der Waals surface area contributed by atoms with Crippen molar-refractivity contribution in [3.63, 3.8) is 0 Å². The fourth-order valence-corrected chi connectivity index (χ4v) is 4.25. The summed E-state index contributed by atoms with van der Waals surface area (Å²) in [6.45, 7) is 0. The van der Waals surface area contributed by atoms with Crippen molar-refractivity contribution in [3.8, 4) is 0 Å². The number of ketones is 1. The molecule has 156 valence electrons. The second-order valence-corrected chi connectivity index (χ2v) is 7.93. The standard InChI is InChI=1S/C26H17ClN2O3/c27-20-8-3-9-21(14-20)29-23(19-7-4-12-28-15-19)22(25(31)26(29)32)24(30)18-11-10-16-5-1-2-6-17(16)13-18/h1-15,23,30H/b24-22-. The summed E-state index contributed by atoms with van der Waals surface area (Å²) >= 11 is 6.15. The summed E-state index contributed by atoms with van der Waals surface area (Å²) in [5, 5.41) is 13.6. The van der Waals surface area contributed by atoms with E-state index in [4.69, 9.17) is 11.6 Å². The predicted octanol–water partition coefficient (Wildman–Crippen LogP) is 5.51. The number of aliphatic hydroxyl groups excluding tert-OH is 1. The molecule has 1 fully saturated rings. The van der Waals surface area contributed by atoms with Crippen LogP contribution in [0.3, 0.4) is 0 Å². The Bertz CT molecular complexity index is 1400. The zero-order valence-corrected chi connectivity index (χ0v) is 17.5. The summed E-state index contributed by atoms with van der Waals surface area (Å²) in [6.07, 6.45) is 3.19. The Morgan fingerprint density at radius 3 is 2.47 bits per heavy atom. The number of nitrogens with zero attached hydrogens (tertiary/aromatic N) is 2. The topological polar surface area (TPSA) is 70.5 Å². The third-order valence-corrected chi connectivity index (χ3v) is 5.79. The lowest BCUT2D eigenvalue weighted by atomic mass is 9.95. The van der Waals surface area contributed by atoms with Crippen LogP contribution in [0.4, 0.5) is 5.69 Å². The number of carbonyl (C=O) groups is 2. The maximum Gasteiger partial charge on any atom is 0.300 e. The average Bonchev–Trinajstić information content (AvgIpc) is 3.09. The van der Waals surface area contributed by atoms with E-state index >= 15 is 0 Å². The quantitative estimate of drug-likeness (QED) is 0.259. The van der Waals surface area contributed by atoms with E-state index in [0.717, 1.165) is 10.8 Å². The molecule has 6 heteroatoms. The molecule has 1 unspecified atom stereocenters. The normalized spacial score (nSPS) is 17.8. The Hall–Kier alpha value is -3.96. The molecule has 1 aromatic heterocycles. The number of rotatable bonds is 3. The van der Waals surface area contributed by atoms with Crippen LogP contribution in [-0.2, 0) is 9.59 Å². The van der Waals surface area contributed by atoms with Crippen LogP contribution in [0.15, 0.2) is 96.8 Å². The van der Waals surface area contributed by atoms with Gasteiger partial charge in [-0.25, -0.2) is 0 Å². The van der Waals surface area contributed by atoms with Crippen LogP contribution in [0.25, 0.3) is 16.5 Å². The lowest BCUT2D eigenvalue weighted by molar-refractivity contribution is -0.132. The van der Waals surface area contributed by atoms with Gasteiger partial charge in [-0.15, -0.1) is 0 Å². The van der Waals surface area contributed by atoms with Gasteiger partial charge in [0.25, 0.3) is 11.7 Å². The largest absolute Gasteiger partial charge is 0.507 e. The van der Waals surface area contributed by atoms with Crippen LogP contribution in [-0.4, -0.2) is 21.8 Å². The molecule has 4 aromatic rings. The van der Waals surface area contributed by atoms with E-state index in [9.17, 15) is 14.7 Å². The second kappa shape index (κ2) is 7.94. The van der Waals surface area contributed by atoms with Gasteiger partial charge >= 0.3 is 0 Å². The number of halogens is 1. The molecular formula is C26H17ClN2O3. The fraction of sp³-hybridized carbons (Fsp3) is 0.0385. The molecule has 1 aliphatic rings. The van der Waals surface area contributed by atoms with Crippen molar-refractivity contribution in [2.45, 2.75) is 6.04 Å². The monoisotopic (exact) mass is 440 g/mol. The molecule has 3 aromatic carbocycles. The van der Waals surface area contributed by atoms with Crippen LogP contribution < -0.4 is 4.90 Å². The maximum absolute atomic E-state index is 13.2. The summed E-state index contributed by atoms with van der Waals surface area (Å²) in [6, 6.07) is 22.5. The van der Waals surface area contributed by atoms with Crippen molar-refractivity contribution in [2.24, 2.45) is 0 Å². The Morgan fingerprint density at radius 2 is 1.72 bits per heavy atom. The third kappa shape index (κ3) is 3.33. The van der Waals surface area contributed by atoms with E-state index in [2.05, 4.69) is 4.98 Å². The summed E-state index contributed by atoms with van der Waals surface area (Å²) < 4.78 is 0. The van der Waals surface area contributed by atoms with Crippen molar-refractivity contribution < 1.29 is 14.7 Å². The van der Waals surface area contributed by atoms with Gasteiger partial charge in [-0.2, -0.15) is 0 Å². The minimum Gasteiger partial charge on any atom is -0.507 e. The molecule has 5 nitrogen and oxygen atoms in total. The molecule has 0 aliphatic carbocycles. The molecule has 32 heavy (non-hydrogen) atoms. The highest BCUT2D eigenvalue weighted by atomic mass is 35.5. The lowest BCUT2D eigenvalue weighted by Crippen LogP contribution is -2.29. The molecule has 0 radical (unpaired) electrons. The number of anilines is 1. The number of hydrogen-bond acceptors (Lipinski definition) is 4. The highest BCUT2D eigenvalue weighted by Gasteiger charge is 2.47. The SMILES string of the molecule is O=C1C(=O)N(c2cccc(Cl)c2)C(c2cccnc2)/C1=C(/O)c1ccc2ccccc2c1. The molecular weight excluding hydrogens is 424 g/mol. The van der Waals surface area contributed by atoms with Crippen LogP contribution >= 0.6 is 11.6 Å². The van der Waals surface area contributed by atoms with Gasteiger partial charge in [0, 0.05) is 28.7 Å². The van der Waals surface area contributed by atoms with Crippen LogP contribution in [0.2, 0.25) is 5.02 Å². The van der Waals surface area contributed by atoms with Gasteiger partial charge in [0.1, 0.15) is 5.76 Å². The van der Waals surface area contributed by atoms with Crippen LogP contribution in [0.5, 0.6) is 0 Å². The second-order valence-electron chi connectivity index (χ2n) is 7.50. The van der Waals surface area contributed by atoms with Crippen molar-refractivity contribution in [1.82, 2.24) is 4.98 Å². The first-order valence-corrected chi connectivity index (χ1v) is 10.4. The first-order chi connectivity index (χ1) is 15.5. The first-order valence-electron chi connectivity index (χ1n) is 10.0. The molecule has 1 aliphatic heterocycles. The van der Waals surface area contributed by atoms with Gasteiger partial charge in [-0.1, -0.05) is 60.1 Å². The smallest absolute Gasteiger partial charge is 0.300 e. The third-order valence-electron chi connectivity index (χ3n) is 5.55. The van der Waals surface area contributed by atoms with Gasteiger partial charge in [0.2, 0.25) is 0 Å². The summed E-state index contributed by atoms with van der Waals surface area (Å²) in [5.41, 5.74) is 1.54. The number of benzene rings is 3. The number of Topliss-reactive ketones (excluding diaryl/α,β-unsaturated/α-hetero) is 1. The number of amides is 1. The van der Waals surface area contributed by atoms with Gasteiger partial charge in [-0.3, -0.25) is 19.5 Å². The maximum atomic E-state index is 13.2. The summed E-state index contributed by atoms with van der Waals surface area (Å²) in [5.74, 6) is -1.72. The van der Waals surface area contributed by atoms with Crippen molar-refractivity contribution in [2.75, 3.05) is 4.90 Å². The van der Waals surface area contributed by atoms with E-state index in [-0.39, 0.29) is 11.3 Å². The minimum atomic E-state index is -0.839. The molecule has 1 N–H and O–H groups in total. The Kier molecular flexibility index (Phi) is 4.96. The lowest BCUT2D eigenvalue weighted by Gasteiger charge is -2.25. The van der Waals surface area contributed by atoms with Gasteiger partial charge in [0.15, 0.2) is 0 Å². The molecule has 0 saturated carbocycles. The number of aliphatic hydroxyl groups is 1. The van der Waals surface area contributed by atoms with Gasteiger partial charge < -0.3 is 5.11 Å². The predicted molar refractivity (Wildman–Crippen MR) is 124 cm³/mol. The van der Waals surface area contributed by atoms with E-state index < -0.39 is 17.7 Å². The molecule has 2 heterocycles. The van der Waals surface area contributed by atoms with Gasteiger partial charge in [-0.05, 0) is 46.7 Å². The Labute approximate surface area is 189 Å². The molecule has 1 saturated heterocycles. The van der Waals surface area contributed by atoms with Crippen LogP contribution in [0, 0.1) is 0 Å². The number of pyridine rings is 1. The first kappa shape index (κ1) is 20.0. The van der Waals surface area contributed by atoms with Crippen LogP contribution in [0.1, 0.15) is 17.2 Å². The van der Waals surface area contributed by atoms with E-state index in [1.807, 2.05) is 30.3 Å². The van der Waals surface area contributed by atoms with Crippen molar-refractivity contribution >= 4 is 45.5 Å². The zero-order chi connectivity index (χ0) is 22.2. The molecule has 0 bridgehead atoms. The molecule has 5 rings (SSSR count). The van der Waals surface area contributed by atoms with E-state index in [0.29, 0.717) is 21.8 Å². The molecule has 1 amide bonds. The summed E-state index contributed by atoms with van der Waals surface area (Å²) in [4.78, 5) is 31.8. The molecule has 1 atom stereocenters. The zero-order valence-electron chi connectivity index (χ0n) is 16.8. The van der Waals surface area contributed by atoms with Crippen molar-refractivity contribution in [1.29, 1.82) is 0 Å². The highest BCUT2D eigenvalue weighted by molar-refractivity contribution is 6.51. The van der Waals surface area contributed by atoms with E-state index in [1.54, 1.807) is 60.9 Å². The number of aromatic nitrogens is 1. The molecule has 0 spiro atoms. The number of hydrogen-bond donors (Lipinski definition) is 1. The van der Waals surface area contributed by atoms with Gasteiger partial charge in [0.05, 0.1) is 11.6 Å². The minimum absolute atomic E-state index is 0.0123. The van der Waals surface area contributed by atoms with Crippen molar-refractivity contribution in [3.05, 3.63) is 113 Å². The Morgan fingerprint density at radius 1 is 0.906 bits per heavy atom. The highest BCUT2D eigenvalue weighted by Crippen LogP contribution is 2.42. The van der Waals surface area contributed by atoms with E-state index in [1.165, 1.54) is 4.90 Å². The fourth-order valence-electron chi connectivity index (χ4n) is 4.07. The number of fused-ring (bicyclic) bond motifs is 1.